The SMILES string of the molecule is CN=C(NCCCS(C)(=O)=O)NCC(C)(C)N1CCOCC1. The van der Waals surface area contributed by atoms with Crippen LogP contribution in [0.2, 0.25) is 0 Å². The van der Waals surface area contributed by atoms with Crippen LogP contribution < -0.4 is 10.6 Å². The molecule has 0 aromatic rings. The molecular formula is C14H30N4O3S. The molecule has 1 fully saturated rings. The fourth-order valence-corrected chi connectivity index (χ4v) is 3.01. The highest BCUT2D eigenvalue weighted by atomic mass is 32.2. The summed E-state index contributed by atoms with van der Waals surface area (Å²) < 4.78 is 27.6. The van der Waals surface area contributed by atoms with Crippen LogP contribution in [0, 0.1) is 0 Å². The minimum atomic E-state index is -2.90. The molecule has 0 spiro atoms. The first-order chi connectivity index (χ1) is 10.2. The Labute approximate surface area is 134 Å². The summed E-state index contributed by atoms with van der Waals surface area (Å²) >= 11 is 0. The number of hydrogen-bond donors (Lipinski definition) is 2. The highest BCUT2D eigenvalue weighted by Gasteiger charge is 2.28. The van der Waals surface area contributed by atoms with Crippen LogP contribution in [0.5, 0.6) is 0 Å². The van der Waals surface area contributed by atoms with Crippen molar-refractivity contribution in [2.75, 3.05) is 58.4 Å². The minimum Gasteiger partial charge on any atom is -0.379 e. The number of aliphatic imine (C=N–C) groups is 1. The zero-order valence-corrected chi connectivity index (χ0v) is 15.0. The van der Waals surface area contributed by atoms with Crippen LogP contribution in [-0.2, 0) is 14.6 Å². The van der Waals surface area contributed by atoms with Gasteiger partial charge in [0.15, 0.2) is 5.96 Å². The van der Waals surface area contributed by atoms with Gasteiger partial charge in [0.05, 0.1) is 19.0 Å². The lowest BCUT2D eigenvalue weighted by Gasteiger charge is -2.41. The molecule has 1 rings (SSSR count). The van der Waals surface area contributed by atoms with Crippen LogP contribution in [0.3, 0.4) is 0 Å². The average molecular weight is 334 g/mol. The lowest BCUT2D eigenvalue weighted by Crippen LogP contribution is -2.56. The van der Waals surface area contributed by atoms with Gasteiger partial charge < -0.3 is 15.4 Å². The monoisotopic (exact) mass is 334 g/mol. The van der Waals surface area contributed by atoms with Gasteiger partial charge >= 0.3 is 0 Å². The third-order valence-electron chi connectivity index (χ3n) is 3.76. The second-order valence-corrected chi connectivity index (χ2v) is 8.51. The molecular weight excluding hydrogens is 304 g/mol. The van der Waals surface area contributed by atoms with Gasteiger partial charge in [-0.3, -0.25) is 9.89 Å². The molecule has 22 heavy (non-hydrogen) atoms. The molecule has 0 atom stereocenters. The number of rotatable bonds is 7. The largest absolute Gasteiger partial charge is 0.379 e. The van der Waals surface area contributed by atoms with Crippen LogP contribution in [0.25, 0.3) is 0 Å². The smallest absolute Gasteiger partial charge is 0.191 e. The van der Waals surface area contributed by atoms with Crippen molar-refractivity contribution in [3.63, 3.8) is 0 Å². The van der Waals surface area contributed by atoms with E-state index in [0.717, 1.165) is 32.8 Å². The fourth-order valence-electron chi connectivity index (χ4n) is 2.34. The maximum Gasteiger partial charge on any atom is 0.191 e. The van der Waals surface area contributed by atoms with E-state index in [-0.39, 0.29) is 11.3 Å². The molecule has 1 aliphatic heterocycles. The molecule has 8 heteroatoms. The van der Waals surface area contributed by atoms with Crippen molar-refractivity contribution >= 4 is 15.8 Å². The molecule has 1 aliphatic rings. The molecule has 0 aromatic carbocycles. The van der Waals surface area contributed by atoms with Gasteiger partial charge in [0, 0.05) is 45.0 Å². The Balaban J connectivity index is 2.33. The normalized spacial score (nSPS) is 18.3. The van der Waals surface area contributed by atoms with E-state index in [9.17, 15) is 8.42 Å². The maximum atomic E-state index is 11.1. The van der Waals surface area contributed by atoms with Gasteiger partial charge in [0.25, 0.3) is 0 Å². The summed E-state index contributed by atoms with van der Waals surface area (Å²) in [6, 6.07) is 0. The van der Waals surface area contributed by atoms with Crippen LogP contribution in [-0.4, -0.2) is 83.3 Å². The number of nitrogens with one attached hydrogen (secondary N) is 2. The van der Waals surface area contributed by atoms with Gasteiger partial charge in [-0.05, 0) is 20.3 Å². The molecule has 0 aromatic heterocycles. The van der Waals surface area contributed by atoms with E-state index in [1.807, 2.05) is 0 Å². The van der Waals surface area contributed by atoms with E-state index in [0.29, 0.717) is 18.9 Å². The molecule has 1 heterocycles. The minimum absolute atomic E-state index is 0.00809. The molecule has 7 nitrogen and oxygen atoms in total. The summed E-state index contributed by atoms with van der Waals surface area (Å²) in [7, 11) is -1.18. The third kappa shape index (κ3) is 7.42. The van der Waals surface area contributed by atoms with Crippen molar-refractivity contribution in [1.29, 1.82) is 0 Å². The Morgan fingerprint density at radius 3 is 2.45 bits per heavy atom. The molecule has 0 unspecified atom stereocenters. The van der Waals surface area contributed by atoms with E-state index in [1.165, 1.54) is 6.26 Å². The number of nitrogens with zero attached hydrogens (tertiary/aromatic N) is 2. The number of guanidine groups is 1. The molecule has 2 N–H and O–H groups in total. The summed E-state index contributed by atoms with van der Waals surface area (Å²) in [5.74, 6) is 0.894. The number of ether oxygens (including phenoxy) is 1. The number of hydrogen-bond acceptors (Lipinski definition) is 5. The Morgan fingerprint density at radius 1 is 1.27 bits per heavy atom. The van der Waals surface area contributed by atoms with E-state index < -0.39 is 9.84 Å². The van der Waals surface area contributed by atoms with Crippen LogP contribution in [0.1, 0.15) is 20.3 Å². The highest BCUT2D eigenvalue weighted by Crippen LogP contribution is 2.14. The fraction of sp³-hybridized carbons (Fsp3) is 0.929. The van der Waals surface area contributed by atoms with Crippen molar-refractivity contribution in [3.8, 4) is 0 Å². The predicted molar refractivity (Wildman–Crippen MR) is 90.2 cm³/mol. The van der Waals surface area contributed by atoms with Gasteiger partial charge in [-0.15, -0.1) is 0 Å². The third-order valence-corrected chi connectivity index (χ3v) is 4.79. The van der Waals surface area contributed by atoms with Gasteiger partial charge in [-0.2, -0.15) is 0 Å². The first kappa shape index (κ1) is 19.2. The second-order valence-electron chi connectivity index (χ2n) is 6.25. The second kappa shape index (κ2) is 8.69. The molecule has 0 aliphatic carbocycles. The van der Waals surface area contributed by atoms with E-state index in [2.05, 4.69) is 34.4 Å². The van der Waals surface area contributed by atoms with Crippen molar-refractivity contribution < 1.29 is 13.2 Å². The molecule has 130 valence electrons. The summed E-state index contributed by atoms with van der Waals surface area (Å²) in [5, 5.41) is 6.46. The van der Waals surface area contributed by atoms with Crippen molar-refractivity contribution in [2.24, 2.45) is 4.99 Å². The van der Waals surface area contributed by atoms with Gasteiger partial charge in [-0.25, -0.2) is 8.42 Å². The zero-order valence-electron chi connectivity index (χ0n) is 14.2. The Morgan fingerprint density at radius 2 is 1.91 bits per heavy atom. The summed E-state index contributed by atoms with van der Waals surface area (Å²) in [6.45, 7) is 9.18. The van der Waals surface area contributed by atoms with Crippen molar-refractivity contribution in [1.82, 2.24) is 15.5 Å². The van der Waals surface area contributed by atoms with Gasteiger partial charge in [-0.1, -0.05) is 0 Å². The predicted octanol–water partition coefficient (Wildman–Crippen LogP) is -0.303. The molecule has 0 radical (unpaired) electrons. The van der Waals surface area contributed by atoms with Crippen molar-refractivity contribution in [3.05, 3.63) is 0 Å². The maximum absolute atomic E-state index is 11.1. The average Bonchev–Trinajstić information content (AvgIpc) is 2.46. The molecule has 1 saturated heterocycles. The van der Waals surface area contributed by atoms with Crippen LogP contribution >= 0.6 is 0 Å². The van der Waals surface area contributed by atoms with Crippen molar-refractivity contribution in [2.45, 2.75) is 25.8 Å². The lowest BCUT2D eigenvalue weighted by atomic mass is 10.0. The van der Waals surface area contributed by atoms with Gasteiger partial charge in [0.2, 0.25) is 0 Å². The van der Waals surface area contributed by atoms with Crippen LogP contribution in [0.4, 0.5) is 0 Å². The summed E-state index contributed by atoms with van der Waals surface area (Å²) in [5.41, 5.74) is 0.00809. The number of morpholine rings is 1. The zero-order chi connectivity index (χ0) is 16.6. The lowest BCUT2D eigenvalue weighted by molar-refractivity contribution is -0.00833. The quantitative estimate of drug-likeness (QED) is 0.378. The van der Waals surface area contributed by atoms with Crippen LogP contribution in [0.15, 0.2) is 4.99 Å². The number of sulfone groups is 1. The highest BCUT2D eigenvalue weighted by molar-refractivity contribution is 7.90. The van der Waals surface area contributed by atoms with E-state index in [1.54, 1.807) is 7.05 Å². The van der Waals surface area contributed by atoms with E-state index >= 15 is 0 Å². The Kier molecular flexibility index (Phi) is 7.58. The molecule has 0 amide bonds. The molecule has 0 bridgehead atoms. The topological polar surface area (TPSA) is 83.0 Å². The standard InChI is InChI=1S/C14H30N4O3S/c1-14(2,18-7-9-21-10-8-18)12-17-13(15-3)16-6-5-11-22(4,19)20/h5-12H2,1-4H3,(H2,15,16,17). The molecule has 0 saturated carbocycles. The Hall–Kier alpha value is -0.860. The Bertz CT molecular complexity index is 457. The van der Waals surface area contributed by atoms with E-state index in [4.69, 9.17) is 4.74 Å². The first-order valence-corrected chi connectivity index (χ1v) is 9.76. The summed E-state index contributed by atoms with van der Waals surface area (Å²) in [4.78, 5) is 6.58. The first-order valence-electron chi connectivity index (χ1n) is 7.70. The van der Waals surface area contributed by atoms with Gasteiger partial charge in [0.1, 0.15) is 9.84 Å². The summed E-state index contributed by atoms with van der Waals surface area (Å²) in [6.07, 6.45) is 1.83.